The Morgan fingerprint density at radius 1 is 1.36 bits per heavy atom. The predicted molar refractivity (Wildman–Crippen MR) is 62.6 cm³/mol. The summed E-state index contributed by atoms with van der Waals surface area (Å²) >= 11 is 0. The summed E-state index contributed by atoms with van der Waals surface area (Å²) in [7, 11) is 2.06. The molecule has 0 aliphatic carbocycles. The van der Waals surface area contributed by atoms with Crippen LogP contribution in [0.2, 0.25) is 0 Å². The molecule has 1 rings (SSSR count). The second-order valence-corrected chi connectivity index (χ2v) is 4.95. The van der Waals surface area contributed by atoms with Crippen molar-refractivity contribution in [2.75, 3.05) is 20.1 Å². The van der Waals surface area contributed by atoms with Crippen LogP contribution in [0.4, 0.5) is 0 Å². The van der Waals surface area contributed by atoms with Gasteiger partial charge in [-0.25, -0.2) is 0 Å². The molecule has 2 heteroatoms. The van der Waals surface area contributed by atoms with Crippen molar-refractivity contribution >= 4 is 0 Å². The second-order valence-electron chi connectivity index (χ2n) is 4.95. The van der Waals surface area contributed by atoms with E-state index >= 15 is 0 Å². The maximum atomic E-state index is 3.33. The fraction of sp³-hybridized carbons (Fsp3) is 1.00. The van der Waals surface area contributed by atoms with Crippen LogP contribution >= 0.6 is 0 Å². The summed E-state index contributed by atoms with van der Waals surface area (Å²) in [6.07, 6.45) is 4.19. The first kappa shape index (κ1) is 12.0. The fourth-order valence-electron chi connectivity index (χ4n) is 2.56. The van der Waals surface area contributed by atoms with Gasteiger partial charge in [-0.15, -0.1) is 0 Å². The van der Waals surface area contributed by atoms with Crippen molar-refractivity contribution in [2.24, 2.45) is 5.92 Å². The van der Waals surface area contributed by atoms with Crippen molar-refractivity contribution in [3.8, 4) is 0 Å². The first-order valence-corrected chi connectivity index (χ1v) is 6.07. The van der Waals surface area contributed by atoms with Crippen LogP contribution < -0.4 is 5.32 Å². The van der Waals surface area contributed by atoms with Gasteiger partial charge in [0, 0.05) is 18.6 Å². The first-order valence-electron chi connectivity index (χ1n) is 6.07. The molecule has 14 heavy (non-hydrogen) atoms. The standard InChI is InChI=1S/C12H26N2/c1-10(2)12(9-13-4)14-8-6-5-7-11(14)3/h10-13H,5-9H2,1-4H3. The van der Waals surface area contributed by atoms with Gasteiger partial charge in [-0.1, -0.05) is 20.3 Å². The van der Waals surface area contributed by atoms with E-state index < -0.39 is 0 Å². The number of likely N-dealkylation sites (N-methyl/N-ethyl adjacent to an activating group) is 1. The highest BCUT2D eigenvalue weighted by atomic mass is 15.2. The molecule has 0 radical (unpaired) electrons. The zero-order valence-electron chi connectivity index (χ0n) is 10.2. The molecule has 2 unspecified atom stereocenters. The summed E-state index contributed by atoms with van der Waals surface area (Å²) in [5, 5.41) is 3.33. The Morgan fingerprint density at radius 3 is 2.57 bits per heavy atom. The minimum absolute atomic E-state index is 0.718. The number of hydrogen-bond acceptors (Lipinski definition) is 2. The molecule has 0 aromatic rings. The lowest BCUT2D eigenvalue weighted by Crippen LogP contribution is -2.51. The molecule has 0 aromatic heterocycles. The topological polar surface area (TPSA) is 15.3 Å². The van der Waals surface area contributed by atoms with Crippen LogP contribution in [0.1, 0.15) is 40.0 Å². The largest absolute Gasteiger partial charge is 0.318 e. The number of nitrogens with one attached hydrogen (secondary N) is 1. The molecule has 1 fully saturated rings. The maximum Gasteiger partial charge on any atom is 0.0246 e. The highest BCUT2D eigenvalue weighted by Gasteiger charge is 2.27. The molecule has 1 aliphatic heterocycles. The molecule has 84 valence electrons. The van der Waals surface area contributed by atoms with Crippen molar-refractivity contribution in [3.05, 3.63) is 0 Å². The van der Waals surface area contributed by atoms with E-state index in [1.165, 1.54) is 25.8 Å². The highest BCUT2D eigenvalue weighted by molar-refractivity contribution is 4.83. The number of hydrogen-bond donors (Lipinski definition) is 1. The van der Waals surface area contributed by atoms with Crippen LogP contribution in [0.15, 0.2) is 0 Å². The van der Waals surface area contributed by atoms with Crippen molar-refractivity contribution < 1.29 is 0 Å². The highest BCUT2D eigenvalue weighted by Crippen LogP contribution is 2.22. The van der Waals surface area contributed by atoms with E-state index in [-0.39, 0.29) is 0 Å². The van der Waals surface area contributed by atoms with E-state index in [1.54, 1.807) is 0 Å². The van der Waals surface area contributed by atoms with Crippen molar-refractivity contribution in [3.63, 3.8) is 0 Å². The second kappa shape index (κ2) is 5.72. The molecule has 0 amide bonds. The van der Waals surface area contributed by atoms with Gasteiger partial charge in [0.05, 0.1) is 0 Å². The van der Waals surface area contributed by atoms with Gasteiger partial charge in [0.1, 0.15) is 0 Å². The van der Waals surface area contributed by atoms with Crippen molar-refractivity contribution in [1.82, 2.24) is 10.2 Å². The lowest BCUT2D eigenvalue weighted by atomic mass is 9.95. The van der Waals surface area contributed by atoms with Crippen LogP contribution in [0.3, 0.4) is 0 Å². The summed E-state index contributed by atoms with van der Waals surface area (Å²) in [4.78, 5) is 2.70. The SMILES string of the molecule is CNCC(C(C)C)N1CCCCC1C. The number of rotatable bonds is 4. The molecular weight excluding hydrogens is 172 g/mol. The summed E-state index contributed by atoms with van der Waals surface area (Å²) < 4.78 is 0. The predicted octanol–water partition coefficient (Wildman–Crippen LogP) is 2.10. The molecule has 2 nitrogen and oxygen atoms in total. The van der Waals surface area contributed by atoms with Crippen molar-refractivity contribution in [1.29, 1.82) is 0 Å². The first-order chi connectivity index (χ1) is 6.66. The van der Waals surface area contributed by atoms with Crippen LogP contribution in [-0.4, -0.2) is 37.1 Å². The molecule has 1 saturated heterocycles. The smallest absolute Gasteiger partial charge is 0.0246 e. The number of nitrogens with zero attached hydrogens (tertiary/aromatic N) is 1. The van der Waals surface area contributed by atoms with Gasteiger partial charge in [-0.2, -0.15) is 0 Å². The van der Waals surface area contributed by atoms with Gasteiger partial charge in [0.15, 0.2) is 0 Å². The lowest BCUT2D eigenvalue weighted by Gasteiger charge is -2.41. The molecule has 0 spiro atoms. The minimum Gasteiger partial charge on any atom is -0.318 e. The molecule has 0 bridgehead atoms. The average Bonchev–Trinajstić information content (AvgIpc) is 2.15. The third kappa shape index (κ3) is 2.96. The van der Waals surface area contributed by atoms with Gasteiger partial charge in [-0.3, -0.25) is 4.90 Å². The van der Waals surface area contributed by atoms with Crippen LogP contribution in [0.5, 0.6) is 0 Å². The Hall–Kier alpha value is -0.0800. The van der Waals surface area contributed by atoms with E-state index in [9.17, 15) is 0 Å². The molecule has 1 N–H and O–H groups in total. The van der Waals surface area contributed by atoms with Crippen LogP contribution in [0.25, 0.3) is 0 Å². The molecule has 1 aliphatic rings. The van der Waals surface area contributed by atoms with E-state index in [1.807, 2.05) is 0 Å². The average molecular weight is 198 g/mol. The van der Waals surface area contributed by atoms with Gasteiger partial charge in [0.2, 0.25) is 0 Å². The Bertz CT molecular complexity index is 154. The third-order valence-electron chi connectivity index (χ3n) is 3.46. The molecule has 2 atom stereocenters. The number of likely N-dealkylation sites (tertiary alicyclic amines) is 1. The van der Waals surface area contributed by atoms with Gasteiger partial charge in [0.25, 0.3) is 0 Å². The van der Waals surface area contributed by atoms with Gasteiger partial charge < -0.3 is 5.32 Å². The Balaban J connectivity index is 2.55. The summed E-state index contributed by atoms with van der Waals surface area (Å²) in [6, 6.07) is 1.50. The maximum absolute atomic E-state index is 3.33. The normalized spacial score (nSPS) is 26.8. The summed E-state index contributed by atoms with van der Waals surface area (Å²) in [5.41, 5.74) is 0. The molecular formula is C12H26N2. The molecule has 0 saturated carbocycles. The Morgan fingerprint density at radius 2 is 2.07 bits per heavy atom. The minimum atomic E-state index is 0.718. The van der Waals surface area contributed by atoms with Gasteiger partial charge >= 0.3 is 0 Å². The quantitative estimate of drug-likeness (QED) is 0.744. The fourth-order valence-corrected chi connectivity index (χ4v) is 2.56. The van der Waals surface area contributed by atoms with Gasteiger partial charge in [-0.05, 0) is 39.3 Å². The Labute approximate surface area is 89.1 Å². The van der Waals surface area contributed by atoms with E-state index in [2.05, 4.69) is 38.0 Å². The van der Waals surface area contributed by atoms with Crippen LogP contribution in [-0.2, 0) is 0 Å². The van der Waals surface area contributed by atoms with Crippen LogP contribution in [0, 0.1) is 5.92 Å². The summed E-state index contributed by atoms with van der Waals surface area (Å²) in [5.74, 6) is 0.753. The Kier molecular flexibility index (Phi) is 4.90. The molecule has 1 heterocycles. The van der Waals surface area contributed by atoms with E-state index in [0.717, 1.165) is 24.5 Å². The molecule has 0 aromatic carbocycles. The summed E-state index contributed by atoms with van der Waals surface area (Å²) in [6.45, 7) is 9.48. The monoisotopic (exact) mass is 198 g/mol. The van der Waals surface area contributed by atoms with E-state index in [4.69, 9.17) is 0 Å². The lowest BCUT2D eigenvalue weighted by molar-refractivity contribution is 0.0789. The van der Waals surface area contributed by atoms with Crippen molar-refractivity contribution in [2.45, 2.75) is 52.1 Å². The zero-order valence-corrected chi connectivity index (χ0v) is 10.2. The zero-order chi connectivity index (χ0) is 10.6. The third-order valence-corrected chi connectivity index (χ3v) is 3.46. The number of piperidine rings is 1. The van der Waals surface area contributed by atoms with E-state index in [0.29, 0.717) is 0 Å².